The molecule has 0 N–H and O–H groups in total. The number of rotatable bonds is 7. The Morgan fingerprint density at radius 2 is 1.96 bits per heavy atom. The van der Waals surface area contributed by atoms with Gasteiger partial charge in [-0.05, 0) is 13.0 Å². The van der Waals surface area contributed by atoms with Gasteiger partial charge in [0.2, 0.25) is 5.60 Å². The predicted molar refractivity (Wildman–Crippen MR) is 84.2 cm³/mol. The van der Waals surface area contributed by atoms with E-state index in [2.05, 4.69) is 11.3 Å². The van der Waals surface area contributed by atoms with Crippen molar-refractivity contribution in [2.24, 2.45) is 0 Å². The van der Waals surface area contributed by atoms with E-state index in [0.717, 1.165) is 0 Å². The van der Waals surface area contributed by atoms with Gasteiger partial charge >= 0.3 is 12.1 Å². The largest absolute Gasteiger partial charge is 0.510 e. The second-order valence-electron chi connectivity index (χ2n) is 4.70. The van der Waals surface area contributed by atoms with Gasteiger partial charge < -0.3 is 18.9 Å². The number of nitriles is 1. The fourth-order valence-electron chi connectivity index (χ4n) is 2.09. The molecule has 0 spiro atoms. The molecule has 24 heavy (non-hydrogen) atoms. The van der Waals surface area contributed by atoms with Crippen LogP contribution in [0, 0.1) is 11.3 Å². The molecule has 7 heteroatoms. The second-order valence-corrected chi connectivity index (χ2v) is 4.70. The Bertz CT molecular complexity index is 663. The van der Waals surface area contributed by atoms with Crippen LogP contribution in [0.15, 0.2) is 36.4 Å². The number of para-hydroxylation sites is 1. The van der Waals surface area contributed by atoms with Crippen molar-refractivity contribution >= 4 is 12.1 Å². The molecular formula is C17H19NO6. The quantitative estimate of drug-likeness (QED) is 0.559. The van der Waals surface area contributed by atoms with E-state index in [1.165, 1.54) is 14.2 Å². The molecule has 0 amide bonds. The van der Waals surface area contributed by atoms with E-state index in [0.29, 0.717) is 5.75 Å². The fraction of sp³-hybridized carbons (Fsp3) is 0.353. The Morgan fingerprint density at radius 1 is 1.29 bits per heavy atom. The second kappa shape index (κ2) is 8.58. The Morgan fingerprint density at radius 3 is 2.50 bits per heavy atom. The molecule has 1 unspecified atom stereocenters. The lowest BCUT2D eigenvalue weighted by Crippen LogP contribution is -2.33. The van der Waals surface area contributed by atoms with Gasteiger partial charge in [-0.1, -0.05) is 24.8 Å². The van der Waals surface area contributed by atoms with Crippen molar-refractivity contribution in [2.75, 3.05) is 20.8 Å². The first-order chi connectivity index (χ1) is 11.4. The van der Waals surface area contributed by atoms with Crippen LogP contribution in [0.5, 0.6) is 5.75 Å². The van der Waals surface area contributed by atoms with E-state index in [-0.39, 0.29) is 24.2 Å². The zero-order valence-electron chi connectivity index (χ0n) is 13.8. The standard InChI is InChI=1S/C17H19NO6/c1-5-23-16(20)24-17(11-18,10-12(2)15(19)22-4)13-8-6-7-9-14(13)21-3/h6-9H,2,5,10H2,1,3-4H3. The zero-order chi connectivity index (χ0) is 18.2. The van der Waals surface area contributed by atoms with Crippen LogP contribution in [0.4, 0.5) is 4.79 Å². The van der Waals surface area contributed by atoms with Crippen LogP contribution in [0.2, 0.25) is 0 Å². The Hall–Kier alpha value is -3.01. The summed E-state index contributed by atoms with van der Waals surface area (Å²) in [5, 5.41) is 9.74. The Balaban J connectivity index is 3.38. The third-order valence-electron chi connectivity index (χ3n) is 3.18. The van der Waals surface area contributed by atoms with Crippen LogP contribution in [0.1, 0.15) is 18.9 Å². The highest BCUT2D eigenvalue weighted by Crippen LogP contribution is 2.38. The molecule has 1 aromatic carbocycles. The summed E-state index contributed by atoms with van der Waals surface area (Å²) in [6.45, 7) is 5.27. The minimum absolute atomic E-state index is 0.0331. The summed E-state index contributed by atoms with van der Waals surface area (Å²) in [5.74, 6) is -0.391. The van der Waals surface area contributed by atoms with Crippen LogP contribution in [0.25, 0.3) is 0 Å². The molecule has 1 rings (SSSR count). The highest BCUT2D eigenvalue weighted by Gasteiger charge is 2.41. The number of carbonyl (C=O) groups is 2. The number of hydrogen-bond acceptors (Lipinski definition) is 7. The number of nitrogens with zero attached hydrogens (tertiary/aromatic N) is 1. The fourth-order valence-corrected chi connectivity index (χ4v) is 2.09. The molecule has 0 fully saturated rings. The third-order valence-corrected chi connectivity index (χ3v) is 3.18. The smallest absolute Gasteiger partial charge is 0.496 e. The molecule has 0 aromatic heterocycles. The van der Waals surface area contributed by atoms with Gasteiger partial charge in [0.1, 0.15) is 11.8 Å². The summed E-state index contributed by atoms with van der Waals surface area (Å²) >= 11 is 0. The maximum Gasteiger partial charge on any atom is 0.510 e. The predicted octanol–water partition coefficient (Wildman–Crippen LogP) is 2.71. The topological polar surface area (TPSA) is 94.9 Å². The first-order valence-electron chi connectivity index (χ1n) is 7.10. The van der Waals surface area contributed by atoms with Gasteiger partial charge in [-0.3, -0.25) is 0 Å². The average Bonchev–Trinajstić information content (AvgIpc) is 2.60. The molecule has 1 aromatic rings. The number of ether oxygens (including phenoxy) is 4. The highest BCUT2D eigenvalue weighted by molar-refractivity contribution is 5.88. The van der Waals surface area contributed by atoms with Gasteiger partial charge in [-0.15, -0.1) is 0 Å². The molecular weight excluding hydrogens is 314 g/mol. The van der Waals surface area contributed by atoms with E-state index < -0.39 is 17.7 Å². The molecule has 0 radical (unpaired) electrons. The van der Waals surface area contributed by atoms with Crippen LogP contribution in [0.3, 0.4) is 0 Å². The average molecular weight is 333 g/mol. The van der Waals surface area contributed by atoms with Gasteiger partial charge in [0.25, 0.3) is 0 Å². The number of benzene rings is 1. The molecule has 0 saturated carbocycles. The lowest BCUT2D eigenvalue weighted by molar-refractivity contribution is -0.136. The van der Waals surface area contributed by atoms with Crippen LogP contribution >= 0.6 is 0 Å². The van der Waals surface area contributed by atoms with Gasteiger partial charge in [-0.2, -0.15) is 5.26 Å². The summed E-state index contributed by atoms with van der Waals surface area (Å²) in [5.41, 5.74) is -1.60. The maximum absolute atomic E-state index is 11.8. The summed E-state index contributed by atoms with van der Waals surface area (Å²) < 4.78 is 19.8. The van der Waals surface area contributed by atoms with E-state index in [1.807, 2.05) is 6.07 Å². The van der Waals surface area contributed by atoms with Crippen LogP contribution in [-0.4, -0.2) is 33.0 Å². The molecule has 1 atom stereocenters. The lowest BCUT2D eigenvalue weighted by Gasteiger charge is -2.28. The minimum Gasteiger partial charge on any atom is -0.496 e. The normalized spacial score (nSPS) is 12.2. The summed E-state index contributed by atoms with van der Waals surface area (Å²) in [7, 11) is 2.61. The lowest BCUT2D eigenvalue weighted by atomic mass is 9.87. The van der Waals surface area contributed by atoms with Crippen molar-refractivity contribution in [3.05, 3.63) is 42.0 Å². The minimum atomic E-state index is -1.84. The SMILES string of the molecule is C=C(CC(C#N)(OC(=O)OCC)c1ccccc1OC)C(=O)OC. The van der Waals surface area contributed by atoms with E-state index in [1.54, 1.807) is 31.2 Å². The monoisotopic (exact) mass is 333 g/mol. The van der Waals surface area contributed by atoms with Crippen LogP contribution in [-0.2, 0) is 24.6 Å². The van der Waals surface area contributed by atoms with Crippen molar-refractivity contribution in [3.63, 3.8) is 0 Å². The Kier molecular flexibility index (Phi) is 6.80. The Labute approximate surface area is 140 Å². The maximum atomic E-state index is 11.8. The van der Waals surface area contributed by atoms with E-state index in [4.69, 9.17) is 14.2 Å². The summed E-state index contributed by atoms with van der Waals surface area (Å²) in [6.07, 6.45) is -1.34. The van der Waals surface area contributed by atoms with E-state index in [9.17, 15) is 14.9 Å². The molecule has 128 valence electrons. The van der Waals surface area contributed by atoms with Crippen molar-refractivity contribution < 1.29 is 28.5 Å². The van der Waals surface area contributed by atoms with Crippen molar-refractivity contribution in [3.8, 4) is 11.8 Å². The number of carbonyl (C=O) groups excluding carboxylic acids is 2. The first kappa shape index (κ1) is 19.0. The molecule has 0 bridgehead atoms. The van der Waals surface area contributed by atoms with Crippen molar-refractivity contribution in [1.29, 1.82) is 5.26 Å². The molecule has 0 aliphatic carbocycles. The highest BCUT2D eigenvalue weighted by atomic mass is 16.7. The van der Waals surface area contributed by atoms with Gasteiger partial charge in [0, 0.05) is 12.0 Å². The molecule has 7 nitrogen and oxygen atoms in total. The summed E-state index contributed by atoms with van der Waals surface area (Å²) in [6, 6.07) is 8.45. The third kappa shape index (κ3) is 4.26. The van der Waals surface area contributed by atoms with Gasteiger partial charge in [-0.25, -0.2) is 9.59 Å². The molecule has 0 aliphatic heterocycles. The zero-order valence-corrected chi connectivity index (χ0v) is 13.8. The molecule has 0 aliphatic rings. The van der Waals surface area contributed by atoms with Crippen LogP contribution < -0.4 is 4.74 Å². The molecule has 0 saturated heterocycles. The summed E-state index contributed by atoms with van der Waals surface area (Å²) in [4.78, 5) is 23.5. The number of methoxy groups -OCH3 is 2. The first-order valence-corrected chi connectivity index (χ1v) is 7.10. The van der Waals surface area contributed by atoms with Crippen molar-refractivity contribution in [1.82, 2.24) is 0 Å². The van der Waals surface area contributed by atoms with Crippen molar-refractivity contribution in [2.45, 2.75) is 18.9 Å². The number of esters is 1. The van der Waals surface area contributed by atoms with Gasteiger partial charge in [0.05, 0.1) is 26.4 Å². The number of hydrogen-bond donors (Lipinski definition) is 0. The molecule has 0 heterocycles. The van der Waals surface area contributed by atoms with Gasteiger partial charge in [0.15, 0.2) is 0 Å². The van der Waals surface area contributed by atoms with E-state index >= 15 is 0 Å².